The highest BCUT2D eigenvalue weighted by Crippen LogP contribution is 2.35. The molecule has 1 aromatic carbocycles. The maximum Gasteiger partial charge on any atom is 0.315 e. The minimum Gasteiger partial charge on any atom is -0.342 e. The molecule has 7 heteroatoms. The van der Waals surface area contributed by atoms with Crippen LogP contribution >= 0.6 is 0 Å². The van der Waals surface area contributed by atoms with E-state index in [1.807, 2.05) is 24.3 Å². The molecular formula is C28H45N5O2. The van der Waals surface area contributed by atoms with Crippen molar-refractivity contribution >= 4 is 17.9 Å². The van der Waals surface area contributed by atoms with E-state index < -0.39 is 5.54 Å². The van der Waals surface area contributed by atoms with E-state index in [2.05, 4.69) is 36.7 Å². The summed E-state index contributed by atoms with van der Waals surface area (Å²) in [5.41, 5.74) is 1.33. The number of carbonyl (C=O) groups excluding carboxylic acids is 2. The number of urea groups is 1. The van der Waals surface area contributed by atoms with Gasteiger partial charge in [-0.25, -0.2) is 4.79 Å². The second-order valence-corrected chi connectivity index (χ2v) is 10.9. The number of hydrogen-bond donors (Lipinski definition) is 4. The molecule has 0 bridgehead atoms. The monoisotopic (exact) mass is 483 g/mol. The number of unbranched alkanes of at least 4 members (excludes halogenated alkanes) is 1. The van der Waals surface area contributed by atoms with E-state index in [9.17, 15) is 9.59 Å². The van der Waals surface area contributed by atoms with Gasteiger partial charge in [0.15, 0.2) is 5.96 Å². The van der Waals surface area contributed by atoms with Gasteiger partial charge in [0.25, 0.3) is 5.91 Å². The van der Waals surface area contributed by atoms with Crippen LogP contribution in [0.4, 0.5) is 4.79 Å². The molecule has 194 valence electrons. The van der Waals surface area contributed by atoms with E-state index in [-0.39, 0.29) is 17.9 Å². The van der Waals surface area contributed by atoms with E-state index in [1.54, 1.807) is 4.90 Å². The Bertz CT molecular complexity index is 847. The summed E-state index contributed by atoms with van der Waals surface area (Å²) in [7, 11) is 0. The van der Waals surface area contributed by atoms with Gasteiger partial charge in [0.2, 0.25) is 0 Å². The number of guanidine groups is 1. The third-order valence-electron chi connectivity index (χ3n) is 7.38. The summed E-state index contributed by atoms with van der Waals surface area (Å²) >= 11 is 0. The number of rotatable bonds is 12. The van der Waals surface area contributed by atoms with Crippen molar-refractivity contribution in [3.8, 4) is 0 Å². The Balaban J connectivity index is 1.58. The highest BCUT2D eigenvalue weighted by Gasteiger charge is 2.49. The Morgan fingerprint density at radius 1 is 1.14 bits per heavy atom. The van der Waals surface area contributed by atoms with Crippen LogP contribution in [0.3, 0.4) is 0 Å². The Morgan fingerprint density at radius 2 is 1.83 bits per heavy atom. The van der Waals surface area contributed by atoms with Crippen molar-refractivity contribution in [2.24, 2.45) is 11.8 Å². The normalized spacial score (nSPS) is 20.9. The first-order chi connectivity index (χ1) is 16.8. The van der Waals surface area contributed by atoms with E-state index in [0.29, 0.717) is 31.5 Å². The van der Waals surface area contributed by atoms with Crippen LogP contribution in [0, 0.1) is 17.2 Å². The summed E-state index contributed by atoms with van der Waals surface area (Å²) in [6.07, 6.45) is 11.1. The first-order valence-electron chi connectivity index (χ1n) is 13.6. The second kappa shape index (κ2) is 12.9. The zero-order chi connectivity index (χ0) is 25.3. The van der Waals surface area contributed by atoms with Crippen LogP contribution in [0.15, 0.2) is 24.3 Å². The lowest BCUT2D eigenvalue weighted by Gasteiger charge is -2.31. The van der Waals surface area contributed by atoms with Crippen molar-refractivity contribution < 1.29 is 9.59 Å². The number of carbonyl (C=O) groups is 2. The molecule has 1 saturated heterocycles. The summed E-state index contributed by atoms with van der Waals surface area (Å²) in [6, 6.07) is 7.76. The molecule has 1 aromatic rings. The average molecular weight is 484 g/mol. The molecule has 3 amide bonds. The Morgan fingerprint density at radius 3 is 2.49 bits per heavy atom. The molecule has 35 heavy (non-hydrogen) atoms. The molecule has 1 unspecified atom stereocenters. The Hall–Kier alpha value is -2.57. The first kappa shape index (κ1) is 27.0. The molecule has 2 fully saturated rings. The molecule has 0 aromatic heterocycles. The standard InChI is InChI=1S/C28H45N5O2/c1-4-5-17-30-27(35)31-19-23-11-13-24(14-12-23)20-33-25(34)28(18-21(2)3,32-26(33)29)16-15-22-9-7-6-8-10-22/h11-14,21-22H,4-10,15-20H2,1-3H3,(H2,29,32)(H2,30,31,35). The molecule has 1 saturated carbocycles. The van der Waals surface area contributed by atoms with Gasteiger partial charge in [-0.2, -0.15) is 0 Å². The zero-order valence-electron chi connectivity index (χ0n) is 21.9. The smallest absolute Gasteiger partial charge is 0.315 e. The average Bonchev–Trinajstić information content (AvgIpc) is 3.07. The predicted molar refractivity (Wildman–Crippen MR) is 141 cm³/mol. The van der Waals surface area contributed by atoms with Crippen LogP contribution in [0.25, 0.3) is 0 Å². The van der Waals surface area contributed by atoms with Crippen molar-refractivity contribution in [2.45, 2.75) is 104 Å². The van der Waals surface area contributed by atoms with E-state index in [0.717, 1.165) is 43.2 Å². The van der Waals surface area contributed by atoms with Gasteiger partial charge in [-0.1, -0.05) is 83.6 Å². The minimum atomic E-state index is -0.655. The minimum absolute atomic E-state index is 0.0431. The molecule has 2 aliphatic rings. The number of nitrogens with zero attached hydrogens (tertiary/aromatic N) is 1. The molecule has 7 nitrogen and oxygen atoms in total. The summed E-state index contributed by atoms with van der Waals surface area (Å²) in [5.74, 6) is 1.34. The van der Waals surface area contributed by atoms with Gasteiger partial charge in [-0.3, -0.25) is 15.1 Å². The summed E-state index contributed by atoms with van der Waals surface area (Å²) in [5, 5.41) is 17.6. The van der Waals surface area contributed by atoms with Crippen LogP contribution < -0.4 is 16.0 Å². The van der Waals surface area contributed by atoms with E-state index >= 15 is 0 Å². The first-order valence-corrected chi connectivity index (χ1v) is 13.6. The van der Waals surface area contributed by atoms with Crippen LogP contribution in [-0.4, -0.2) is 34.9 Å². The van der Waals surface area contributed by atoms with Gasteiger partial charge >= 0.3 is 6.03 Å². The molecule has 1 aliphatic carbocycles. The maximum absolute atomic E-state index is 13.7. The van der Waals surface area contributed by atoms with Gasteiger partial charge < -0.3 is 16.0 Å². The predicted octanol–water partition coefficient (Wildman–Crippen LogP) is 5.30. The highest BCUT2D eigenvalue weighted by molar-refractivity contribution is 6.07. The quantitative estimate of drug-likeness (QED) is 0.304. The zero-order valence-corrected chi connectivity index (χ0v) is 21.9. The van der Waals surface area contributed by atoms with Gasteiger partial charge in [0, 0.05) is 13.1 Å². The lowest BCUT2D eigenvalue weighted by Crippen LogP contribution is -2.48. The van der Waals surface area contributed by atoms with Crippen LogP contribution in [0.5, 0.6) is 0 Å². The van der Waals surface area contributed by atoms with Crippen molar-refractivity contribution in [3.63, 3.8) is 0 Å². The van der Waals surface area contributed by atoms with Gasteiger partial charge in [0.05, 0.1) is 6.54 Å². The lowest BCUT2D eigenvalue weighted by molar-refractivity contribution is -0.132. The maximum atomic E-state index is 13.7. The van der Waals surface area contributed by atoms with Crippen LogP contribution in [0.2, 0.25) is 0 Å². The van der Waals surface area contributed by atoms with Gasteiger partial charge in [0.1, 0.15) is 5.54 Å². The fourth-order valence-corrected chi connectivity index (χ4v) is 5.46. The van der Waals surface area contributed by atoms with Crippen LogP contribution in [-0.2, 0) is 17.9 Å². The Labute approximate surface area is 211 Å². The van der Waals surface area contributed by atoms with E-state index in [1.165, 1.54) is 32.1 Å². The van der Waals surface area contributed by atoms with Crippen molar-refractivity contribution in [2.75, 3.05) is 6.54 Å². The fraction of sp³-hybridized carbons (Fsp3) is 0.679. The molecule has 1 atom stereocenters. The molecule has 4 N–H and O–H groups in total. The lowest BCUT2D eigenvalue weighted by atomic mass is 9.79. The second-order valence-electron chi connectivity index (χ2n) is 10.9. The van der Waals surface area contributed by atoms with Crippen molar-refractivity contribution in [1.29, 1.82) is 5.41 Å². The largest absolute Gasteiger partial charge is 0.342 e. The summed E-state index contributed by atoms with van der Waals surface area (Å²) in [6.45, 7) is 7.93. The molecule has 1 aliphatic heterocycles. The highest BCUT2D eigenvalue weighted by atomic mass is 16.2. The fourth-order valence-electron chi connectivity index (χ4n) is 5.46. The molecule has 0 spiro atoms. The van der Waals surface area contributed by atoms with Gasteiger partial charge in [-0.15, -0.1) is 0 Å². The molecular weight excluding hydrogens is 438 g/mol. The SMILES string of the molecule is CCCCNC(=O)NCc1ccc(CN2C(=N)NC(CCC3CCCCC3)(CC(C)C)C2=O)cc1. The van der Waals surface area contributed by atoms with Crippen LogP contribution in [0.1, 0.15) is 96.1 Å². The van der Waals surface area contributed by atoms with Crippen molar-refractivity contribution in [3.05, 3.63) is 35.4 Å². The molecule has 1 heterocycles. The molecule has 0 radical (unpaired) electrons. The number of amides is 3. The topological polar surface area (TPSA) is 97.3 Å². The summed E-state index contributed by atoms with van der Waals surface area (Å²) in [4.78, 5) is 27.1. The third-order valence-corrected chi connectivity index (χ3v) is 7.38. The summed E-state index contributed by atoms with van der Waals surface area (Å²) < 4.78 is 0. The number of hydrogen-bond acceptors (Lipinski definition) is 3. The Kier molecular flexibility index (Phi) is 9.99. The van der Waals surface area contributed by atoms with Gasteiger partial charge in [-0.05, 0) is 48.6 Å². The van der Waals surface area contributed by atoms with E-state index in [4.69, 9.17) is 5.41 Å². The van der Waals surface area contributed by atoms with Crippen molar-refractivity contribution in [1.82, 2.24) is 20.9 Å². The number of benzene rings is 1. The third kappa shape index (κ3) is 7.71. The molecule has 3 rings (SSSR count). The number of nitrogens with one attached hydrogen (secondary N) is 4.